The van der Waals surface area contributed by atoms with Crippen LogP contribution >= 0.6 is 0 Å². The van der Waals surface area contributed by atoms with Gasteiger partial charge < -0.3 is 74.1 Å². The Labute approximate surface area is 254 Å². The van der Waals surface area contributed by atoms with Gasteiger partial charge in [-0.2, -0.15) is 0 Å². The Morgan fingerprint density at radius 3 is 2.07 bits per heavy atom. The van der Waals surface area contributed by atoms with Crippen molar-refractivity contribution in [2.45, 2.75) is 68.3 Å². The predicted molar refractivity (Wildman–Crippen MR) is 150 cm³/mol. The molecule has 45 heavy (non-hydrogen) atoms. The number of aryl methyl sites for hydroxylation is 1. The summed E-state index contributed by atoms with van der Waals surface area (Å²) >= 11 is 0. The zero-order chi connectivity index (χ0) is 32.7. The molecule has 0 spiro atoms. The number of hydrogen-bond donors (Lipinski definition) is 9. The molecule has 2 saturated heterocycles. The lowest BCUT2D eigenvalue weighted by Gasteiger charge is -2.45. The molecule has 2 fully saturated rings. The van der Waals surface area contributed by atoms with Gasteiger partial charge in [0, 0.05) is 11.6 Å². The summed E-state index contributed by atoms with van der Waals surface area (Å²) in [5.41, 5.74) is -0.212. The summed E-state index contributed by atoms with van der Waals surface area (Å²) in [6, 6.07) is 6.57. The lowest BCUT2D eigenvalue weighted by Crippen LogP contribution is -2.65. The first-order valence-electron chi connectivity index (χ1n) is 13.8. The molecule has 16 heteroatoms. The van der Waals surface area contributed by atoms with Crippen molar-refractivity contribution < 1.29 is 74.1 Å². The summed E-state index contributed by atoms with van der Waals surface area (Å²) in [5.74, 6) is -1.46. The number of ether oxygens (including phenoxy) is 5. The molecule has 3 heterocycles. The predicted octanol–water partition coefficient (Wildman–Crippen LogP) is -1.81. The van der Waals surface area contributed by atoms with E-state index in [-0.39, 0.29) is 22.3 Å². The Morgan fingerprint density at radius 1 is 0.800 bits per heavy atom. The fourth-order valence-corrected chi connectivity index (χ4v) is 5.29. The van der Waals surface area contributed by atoms with Crippen LogP contribution < -0.4 is 14.9 Å². The minimum absolute atomic E-state index is 0.0547. The average molecular weight is 639 g/mol. The third kappa shape index (κ3) is 6.05. The lowest BCUT2D eigenvalue weighted by molar-refractivity contribution is -0.358. The van der Waals surface area contributed by atoms with E-state index in [1.165, 1.54) is 19.2 Å². The van der Waals surface area contributed by atoms with Crippen LogP contribution in [-0.4, -0.2) is 128 Å². The molecule has 0 unspecified atom stereocenters. The largest absolute Gasteiger partial charge is 0.504 e. The van der Waals surface area contributed by atoms with Crippen molar-refractivity contribution in [1.29, 1.82) is 0 Å². The molecule has 2 aromatic carbocycles. The van der Waals surface area contributed by atoms with Crippen LogP contribution in [0.25, 0.3) is 22.3 Å². The highest BCUT2D eigenvalue weighted by Gasteiger charge is 2.51. The highest BCUT2D eigenvalue weighted by molar-refractivity contribution is 5.86. The second-order valence-electron chi connectivity index (χ2n) is 10.7. The number of phenolic OH excluding ortho intramolecular Hbond substituents is 2. The molecule has 5 rings (SSSR count). The Hall–Kier alpha value is -3.55. The van der Waals surface area contributed by atoms with Gasteiger partial charge in [0.15, 0.2) is 29.7 Å². The molecule has 3 aromatic rings. The standard InChI is InChI=1S/C29H34O16/c1-10-5-12(40-2)7-15-18(10)21(36)26(25(41-15)11-3-4-13(32)14(33)6-11)44-29-27(23(38)20(35)17(9-31)43-29)45-28-24(39)22(37)19(34)16(8-30)42-28/h3-7,16-17,19-20,22-24,27-35,37-39H,8-9H2,1-2H3/t16-,17-,19-,20-,22+,23+,24+,27-,28+,29+/m1/s1. The summed E-state index contributed by atoms with van der Waals surface area (Å²) in [6.07, 6.45) is -17.5. The second-order valence-corrected chi connectivity index (χ2v) is 10.7. The number of rotatable bonds is 8. The van der Waals surface area contributed by atoms with Crippen LogP contribution in [0.2, 0.25) is 0 Å². The van der Waals surface area contributed by atoms with E-state index in [2.05, 4.69) is 0 Å². The fourth-order valence-electron chi connectivity index (χ4n) is 5.29. The minimum Gasteiger partial charge on any atom is -0.504 e. The maximum absolute atomic E-state index is 14.0. The number of phenols is 2. The number of aliphatic hydroxyl groups excluding tert-OH is 7. The molecule has 0 aliphatic carbocycles. The van der Waals surface area contributed by atoms with E-state index < -0.39 is 97.3 Å². The van der Waals surface area contributed by atoms with E-state index in [1.54, 1.807) is 13.0 Å². The Morgan fingerprint density at radius 2 is 1.44 bits per heavy atom. The average Bonchev–Trinajstić information content (AvgIpc) is 3.02. The zero-order valence-electron chi connectivity index (χ0n) is 24.0. The van der Waals surface area contributed by atoms with Crippen LogP contribution in [-0.2, 0) is 14.2 Å². The molecule has 0 amide bonds. The number of benzene rings is 2. The van der Waals surface area contributed by atoms with Crippen molar-refractivity contribution >= 4 is 11.0 Å². The summed E-state index contributed by atoms with van der Waals surface area (Å²) in [7, 11) is 1.42. The molecule has 246 valence electrons. The Kier molecular flexibility index (Phi) is 9.52. The molecule has 2 aliphatic rings. The summed E-state index contributed by atoms with van der Waals surface area (Å²) < 4.78 is 34.1. The van der Waals surface area contributed by atoms with Crippen molar-refractivity contribution in [3.63, 3.8) is 0 Å². The van der Waals surface area contributed by atoms with Gasteiger partial charge in [-0.15, -0.1) is 0 Å². The van der Waals surface area contributed by atoms with E-state index in [0.29, 0.717) is 11.3 Å². The third-order valence-electron chi connectivity index (χ3n) is 7.80. The number of methoxy groups -OCH3 is 1. The Balaban J connectivity index is 1.62. The summed E-state index contributed by atoms with van der Waals surface area (Å²) in [6.45, 7) is 0.0190. The van der Waals surface area contributed by atoms with Gasteiger partial charge in [0.1, 0.15) is 54.1 Å². The number of fused-ring (bicyclic) bond motifs is 1. The van der Waals surface area contributed by atoms with E-state index >= 15 is 0 Å². The first-order valence-corrected chi connectivity index (χ1v) is 13.8. The first-order chi connectivity index (χ1) is 21.4. The van der Waals surface area contributed by atoms with Gasteiger partial charge >= 0.3 is 0 Å². The molecule has 9 N–H and O–H groups in total. The second kappa shape index (κ2) is 13.1. The molecule has 10 atom stereocenters. The van der Waals surface area contributed by atoms with Gasteiger partial charge in [-0.05, 0) is 36.8 Å². The number of aromatic hydroxyl groups is 2. The molecule has 0 bridgehead atoms. The van der Waals surface area contributed by atoms with Crippen molar-refractivity contribution in [3.8, 4) is 34.3 Å². The summed E-state index contributed by atoms with van der Waals surface area (Å²) in [4.78, 5) is 14.0. The SMILES string of the molecule is COc1cc(C)c2c(=O)c(O[C@@H]3O[C@H](CO)[C@@H](O)[C@H](O)[C@H]3O[C@@H]3O[C@H](CO)[C@@H](O)[C@H](O)[C@@H]3O)c(-c3ccc(O)c(O)c3)oc2c1. The van der Waals surface area contributed by atoms with Gasteiger partial charge in [-0.1, -0.05) is 0 Å². The van der Waals surface area contributed by atoms with E-state index in [9.17, 15) is 50.8 Å². The van der Waals surface area contributed by atoms with E-state index in [4.69, 9.17) is 28.1 Å². The molecule has 1 aromatic heterocycles. The van der Waals surface area contributed by atoms with Crippen molar-refractivity contribution in [3.05, 3.63) is 46.1 Å². The van der Waals surface area contributed by atoms with Gasteiger partial charge in [-0.25, -0.2) is 0 Å². The maximum Gasteiger partial charge on any atom is 0.235 e. The molecule has 0 radical (unpaired) electrons. The quantitative estimate of drug-likeness (QED) is 0.123. The summed E-state index contributed by atoms with van der Waals surface area (Å²) in [5, 5.41) is 92.0. The number of aliphatic hydroxyl groups is 7. The van der Waals surface area contributed by atoms with E-state index in [0.717, 1.165) is 12.1 Å². The first kappa shape index (κ1) is 32.8. The third-order valence-corrected chi connectivity index (χ3v) is 7.80. The maximum atomic E-state index is 14.0. The van der Waals surface area contributed by atoms with Crippen LogP contribution in [0.1, 0.15) is 5.56 Å². The topological polar surface area (TPSA) is 258 Å². The smallest absolute Gasteiger partial charge is 0.235 e. The van der Waals surface area contributed by atoms with Crippen LogP contribution in [0.4, 0.5) is 0 Å². The normalized spacial score (nSPS) is 32.0. The monoisotopic (exact) mass is 638 g/mol. The molecule has 0 saturated carbocycles. The van der Waals surface area contributed by atoms with Crippen molar-refractivity contribution in [2.75, 3.05) is 20.3 Å². The van der Waals surface area contributed by atoms with Crippen LogP contribution in [0, 0.1) is 6.92 Å². The molecule has 2 aliphatic heterocycles. The highest BCUT2D eigenvalue weighted by Crippen LogP contribution is 2.39. The highest BCUT2D eigenvalue weighted by atomic mass is 16.8. The molecular formula is C29H34O16. The zero-order valence-corrected chi connectivity index (χ0v) is 24.0. The Bertz CT molecular complexity index is 1570. The fraction of sp³-hybridized carbons (Fsp3) is 0.483. The molecule has 16 nitrogen and oxygen atoms in total. The minimum atomic E-state index is -1.91. The van der Waals surface area contributed by atoms with Gasteiger partial charge in [0.2, 0.25) is 17.5 Å². The van der Waals surface area contributed by atoms with Gasteiger partial charge in [0.25, 0.3) is 0 Å². The van der Waals surface area contributed by atoms with Crippen LogP contribution in [0.3, 0.4) is 0 Å². The van der Waals surface area contributed by atoms with Crippen molar-refractivity contribution in [2.24, 2.45) is 0 Å². The molecular weight excluding hydrogens is 604 g/mol. The van der Waals surface area contributed by atoms with Gasteiger partial charge in [-0.3, -0.25) is 4.79 Å². The van der Waals surface area contributed by atoms with Crippen LogP contribution in [0.15, 0.2) is 39.5 Å². The van der Waals surface area contributed by atoms with Crippen LogP contribution in [0.5, 0.6) is 23.0 Å². The van der Waals surface area contributed by atoms with Gasteiger partial charge in [0.05, 0.1) is 25.7 Å². The number of hydrogen-bond acceptors (Lipinski definition) is 16. The van der Waals surface area contributed by atoms with E-state index in [1.807, 2.05) is 0 Å². The lowest BCUT2D eigenvalue weighted by atomic mass is 9.97. The van der Waals surface area contributed by atoms with Crippen molar-refractivity contribution in [1.82, 2.24) is 0 Å².